The van der Waals surface area contributed by atoms with Crippen LogP contribution in [0.25, 0.3) is 0 Å². The molecule has 1 atom stereocenters. The zero-order chi connectivity index (χ0) is 17.0. The molecule has 6 heteroatoms. The van der Waals surface area contributed by atoms with Gasteiger partial charge in [0.2, 0.25) is 0 Å². The molecule has 1 N–H and O–H groups in total. The Balaban J connectivity index is 1.84. The molecule has 2 rings (SSSR count). The highest BCUT2D eigenvalue weighted by Crippen LogP contribution is 2.29. The van der Waals surface area contributed by atoms with Crippen molar-refractivity contribution in [1.82, 2.24) is 10.2 Å². The van der Waals surface area contributed by atoms with Crippen LogP contribution in [0.4, 0.5) is 13.2 Å². The Kier molecular flexibility index (Phi) is 5.68. The van der Waals surface area contributed by atoms with Gasteiger partial charge in [0.1, 0.15) is 0 Å². The van der Waals surface area contributed by atoms with Crippen molar-refractivity contribution in [3.05, 3.63) is 35.4 Å². The van der Waals surface area contributed by atoms with Gasteiger partial charge in [-0.15, -0.1) is 0 Å². The first-order chi connectivity index (χ1) is 10.8. The number of carbonyl (C=O) groups excluding carboxylic acids is 1. The Bertz CT molecular complexity index is 520. The van der Waals surface area contributed by atoms with Gasteiger partial charge in [-0.3, -0.25) is 9.69 Å². The van der Waals surface area contributed by atoms with Crippen molar-refractivity contribution in [2.45, 2.75) is 38.9 Å². The summed E-state index contributed by atoms with van der Waals surface area (Å²) in [6, 6.07) is 4.52. The van der Waals surface area contributed by atoms with Gasteiger partial charge in [-0.25, -0.2) is 0 Å². The van der Waals surface area contributed by atoms with Gasteiger partial charge in [-0.05, 0) is 63.0 Å². The van der Waals surface area contributed by atoms with Crippen LogP contribution >= 0.6 is 0 Å². The first kappa shape index (κ1) is 17.8. The van der Waals surface area contributed by atoms with Gasteiger partial charge in [0, 0.05) is 18.2 Å². The van der Waals surface area contributed by atoms with Crippen molar-refractivity contribution in [2.24, 2.45) is 5.92 Å². The van der Waals surface area contributed by atoms with E-state index in [0.717, 1.165) is 44.0 Å². The molecule has 1 amide bonds. The number of benzene rings is 1. The molecule has 128 valence electrons. The SMILES string of the molecule is CC1CCN(C(C)CNC(=O)c2ccc(C(F)(F)F)cc2)CC1. The van der Waals surface area contributed by atoms with Crippen molar-refractivity contribution in [2.75, 3.05) is 19.6 Å². The molecule has 1 aliphatic rings. The van der Waals surface area contributed by atoms with E-state index in [9.17, 15) is 18.0 Å². The number of nitrogens with one attached hydrogen (secondary N) is 1. The lowest BCUT2D eigenvalue weighted by atomic mass is 9.98. The summed E-state index contributed by atoms with van der Waals surface area (Å²) < 4.78 is 37.5. The van der Waals surface area contributed by atoms with Crippen molar-refractivity contribution in [3.63, 3.8) is 0 Å². The smallest absolute Gasteiger partial charge is 0.350 e. The van der Waals surface area contributed by atoms with E-state index in [0.29, 0.717) is 6.54 Å². The number of hydrogen-bond donors (Lipinski definition) is 1. The lowest BCUT2D eigenvalue weighted by molar-refractivity contribution is -0.137. The minimum Gasteiger partial charge on any atom is -0.350 e. The Morgan fingerprint density at radius 3 is 2.35 bits per heavy atom. The molecule has 0 aliphatic carbocycles. The zero-order valence-electron chi connectivity index (χ0n) is 13.5. The van der Waals surface area contributed by atoms with Crippen LogP contribution in [0, 0.1) is 5.92 Å². The molecule has 0 spiro atoms. The van der Waals surface area contributed by atoms with Gasteiger partial charge in [0.15, 0.2) is 0 Å². The summed E-state index contributed by atoms with van der Waals surface area (Å²) in [6.07, 6.45) is -2.05. The van der Waals surface area contributed by atoms with E-state index in [4.69, 9.17) is 0 Å². The highest BCUT2D eigenvalue weighted by molar-refractivity contribution is 5.94. The van der Waals surface area contributed by atoms with E-state index >= 15 is 0 Å². The first-order valence-electron chi connectivity index (χ1n) is 7.97. The molecule has 1 aromatic rings. The monoisotopic (exact) mass is 328 g/mol. The average Bonchev–Trinajstić information content (AvgIpc) is 2.52. The molecule has 1 aliphatic heterocycles. The molecular weight excluding hydrogens is 305 g/mol. The normalized spacial score (nSPS) is 18.7. The summed E-state index contributed by atoms with van der Waals surface area (Å²) >= 11 is 0. The summed E-state index contributed by atoms with van der Waals surface area (Å²) in [7, 11) is 0. The summed E-state index contributed by atoms with van der Waals surface area (Å²) in [5.41, 5.74) is -0.498. The van der Waals surface area contributed by atoms with Crippen molar-refractivity contribution in [3.8, 4) is 0 Å². The highest BCUT2D eigenvalue weighted by Gasteiger charge is 2.30. The van der Waals surface area contributed by atoms with Crippen LogP contribution in [0.3, 0.4) is 0 Å². The Morgan fingerprint density at radius 2 is 1.83 bits per heavy atom. The minimum atomic E-state index is -4.38. The third kappa shape index (κ3) is 4.96. The number of halogens is 3. The second-order valence-electron chi connectivity index (χ2n) is 6.35. The third-order valence-corrected chi connectivity index (χ3v) is 4.47. The summed E-state index contributed by atoms with van der Waals surface area (Å²) in [5, 5.41) is 2.80. The number of alkyl halides is 3. The van der Waals surface area contributed by atoms with Crippen LogP contribution in [0.15, 0.2) is 24.3 Å². The number of hydrogen-bond acceptors (Lipinski definition) is 2. The summed E-state index contributed by atoms with van der Waals surface area (Å²) in [4.78, 5) is 14.4. The van der Waals surface area contributed by atoms with Gasteiger partial charge in [-0.1, -0.05) is 6.92 Å². The fourth-order valence-corrected chi connectivity index (χ4v) is 2.75. The van der Waals surface area contributed by atoms with Crippen molar-refractivity contribution < 1.29 is 18.0 Å². The van der Waals surface area contributed by atoms with Crippen molar-refractivity contribution in [1.29, 1.82) is 0 Å². The third-order valence-electron chi connectivity index (χ3n) is 4.47. The summed E-state index contributed by atoms with van der Waals surface area (Å²) in [5.74, 6) is 0.413. The van der Waals surface area contributed by atoms with E-state index in [1.54, 1.807) is 0 Å². The number of likely N-dealkylation sites (tertiary alicyclic amines) is 1. The molecule has 1 heterocycles. The van der Waals surface area contributed by atoms with Crippen LogP contribution in [0.1, 0.15) is 42.6 Å². The number of piperidine rings is 1. The maximum absolute atomic E-state index is 12.5. The van der Waals surface area contributed by atoms with Gasteiger partial charge in [0.05, 0.1) is 5.56 Å². The van der Waals surface area contributed by atoms with E-state index < -0.39 is 11.7 Å². The van der Waals surface area contributed by atoms with E-state index in [1.165, 1.54) is 12.1 Å². The van der Waals surface area contributed by atoms with Crippen LogP contribution in [-0.4, -0.2) is 36.5 Å². The number of nitrogens with zero attached hydrogens (tertiary/aromatic N) is 1. The summed E-state index contributed by atoms with van der Waals surface area (Å²) in [6.45, 7) is 6.85. The molecule has 0 radical (unpaired) electrons. The zero-order valence-corrected chi connectivity index (χ0v) is 13.5. The predicted molar refractivity (Wildman–Crippen MR) is 83.2 cm³/mol. The molecule has 1 aromatic carbocycles. The maximum atomic E-state index is 12.5. The number of amides is 1. The minimum absolute atomic E-state index is 0.223. The molecule has 23 heavy (non-hydrogen) atoms. The molecule has 3 nitrogen and oxygen atoms in total. The van der Waals surface area contributed by atoms with E-state index in [1.807, 2.05) is 0 Å². The second-order valence-corrected chi connectivity index (χ2v) is 6.35. The predicted octanol–water partition coefficient (Wildman–Crippen LogP) is 3.56. The molecule has 0 bridgehead atoms. The van der Waals surface area contributed by atoms with Crippen LogP contribution in [-0.2, 0) is 6.18 Å². The maximum Gasteiger partial charge on any atom is 0.416 e. The van der Waals surface area contributed by atoms with Crippen LogP contribution in [0.5, 0.6) is 0 Å². The Morgan fingerprint density at radius 1 is 1.26 bits per heavy atom. The Labute approximate surface area is 134 Å². The van der Waals surface area contributed by atoms with Gasteiger partial charge in [0.25, 0.3) is 5.91 Å². The lowest BCUT2D eigenvalue weighted by Gasteiger charge is -2.35. The first-order valence-corrected chi connectivity index (χ1v) is 7.97. The standard InChI is InChI=1S/C17H23F3N2O/c1-12-7-9-22(10-8-12)13(2)11-21-16(23)14-3-5-15(6-4-14)17(18,19)20/h3-6,12-13H,7-11H2,1-2H3,(H,21,23). The number of carbonyl (C=O) groups is 1. The van der Waals surface area contributed by atoms with Gasteiger partial charge in [-0.2, -0.15) is 13.2 Å². The molecular formula is C17H23F3N2O. The largest absolute Gasteiger partial charge is 0.416 e. The second kappa shape index (κ2) is 7.34. The van der Waals surface area contributed by atoms with Crippen LogP contribution < -0.4 is 5.32 Å². The molecule has 1 unspecified atom stereocenters. The molecule has 0 aromatic heterocycles. The lowest BCUT2D eigenvalue weighted by Crippen LogP contribution is -2.45. The fraction of sp³-hybridized carbons (Fsp3) is 0.588. The average molecular weight is 328 g/mol. The van der Waals surface area contributed by atoms with E-state index in [-0.39, 0.29) is 17.5 Å². The molecule has 1 fully saturated rings. The quantitative estimate of drug-likeness (QED) is 0.917. The highest BCUT2D eigenvalue weighted by atomic mass is 19.4. The van der Waals surface area contributed by atoms with E-state index in [2.05, 4.69) is 24.1 Å². The molecule has 1 saturated heterocycles. The van der Waals surface area contributed by atoms with Crippen LogP contribution in [0.2, 0.25) is 0 Å². The Hall–Kier alpha value is -1.56. The topological polar surface area (TPSA) is 32.3 Å². The molecule has 0 saturated carbocycles. The van der Waals surface area contributed by atoms with Gasteiger partial charge < -0.3 is 5.32 Å². The number of rotatable bonds is 4. The van der Waals surface area contributed by atoms with Gasteiger partial charge >= 0.3 is 6.18 Å². The van der Waals surface area contributed by atoms with Crippen molar-refractivity contribution >= 4 is 5.91 Å². The fourth-order valence-electron chi connectivity index (χ4n) is 2.75.